The Morgan fingerprint density at radius 2 is 2.07 bits per heavy atom. The second kappa shape index (κ2) is 7.50. The molecule has 0 spiro atoms. The Hall–Kier alpha value is -2.48. The quantitative estimate of drug-likeness (QED) is 0.687. The van der Waals surface area contributed by atoms with Gasteiger partial charge in [-0.3, -0.25) is 14.5 Å². The lowest BCUT2D eigenvalue weighted by Crippen LogP contribution is -2.31. The van der Waals surface area contributed by atoms with Gasteiger partial charge in [0, 0.05) is 41.4 Å². The lowest BCUT2D eigenvalue weighted by molar-refractivity contribution is 0.0951. The fraction of sp³-hybridized carbons (Fsp3) is 0.200. The summed E-state index contributed by atoms with van der Waals surface area (Å²) in [5.74, 6) is -0.166. The highest BCUT2D eigenvalue weighted by Crippen LogP contribution is 2.43. The number of rotatable bonds is 4. The number of pyridine rings is 1. The summed E-state index contributed by atoms with van der Waals surface area (Å²) in [6.07, 6.45) is 1.67. The third-order valence-corrected chi connectivity index (χ3v) is 6.07. The van der Waals surface area contributed by atoms with E-state index < -0.39 is 11.0 Å². The van der Waals surface area contributed by atoms with Crippen LogP contribution in [-0.4, -0.2) is 47.2 Å². The molecular weight excluding hydrogens is 396 g/mol. The summed E-state index contributed by atoms with van der Waals surface area (Å²) >= 11 is 6.47. The van der Waals surface area contributed by atoms with Crippen LogP contribution in [0.2, 0.25) is 5.02 Å². The fourth-order valence-electron chi connectivity index (χ4n) is 3.20. The number of carbonyl (C=O) groups is 1. The third kappa shape index (κ3) is 3.37. The summed E-state index contributed by atoms with van der Waals surface area (Å²) in [6, 6.07) is 10.7. The van der Waals surface area contributed by atoms with Crippen LogP contribution >= 0.6 is 11.6 Å². The molecule has 0 aliphatic carbocycles. The van der Waals surface area contributed by atoms with Crippen molar-refractivity contribution in [2.75, 3.05) is 31.9 Å². The van der Waals surface area contributed by atoms with Crippen molar-refractivity contribution in [3.63, 3.8) is 0 Å². The summed E-state index contributed by atoms with van der Waals surface area (Å²) < 4.78 is 15.8. The van der Waals surface area contributed by atoms with Crippen LogP contribution in [-0.2, 0) is 11.0 Å². The summed E-state index contributed by atoms with van der Waals surface area (Å²) in [6.45, 7) is 1.30. The zero-order valence-electron chi connectivity index (χ0n) is 15.5. The minimum absolute atomic E-state index is 0.166. The predicted octanol–water partition coefficient (Wildman–Crippen LogP) is 3.29. The number of nitrogens with one attached hydrogen (secondary N) is 2. The summed E-state index contributed by atoms with van der Waals surface area (Å²) in [7, 11) is 2.46. The van der Waals surface area contributed by atoms with Gasteiger partial charge in [0.1, 0.15) is 0 Å². The van der Waals surface area contributed by atoms with Crippen LogP contribution in [0.3, 0.4) is 0 Å². The van der Waals surface area contributed by atoms with Crippen LogP contribution in [0.25, 0.3) is 22.0 Å². The SMILES string of the molecule is CN(C)CCNC(=O)c1ccc2c(c1)-c1cc(Cl)c3cccnc3c1NS2=O. The number of anilines is 1. The number of likely N-dealkylation sites (N-methyl/N-ethyl adjacent to an activating group) is 1. The van der Waals surface area contributed by atoms with Gasteiger partial charge in [-0.15, -0.1) is 0 Å². The molecule has 28 heavy (non-hydrogen) atoms. The van der Waals surface area contributed by atoms with E-state index in [-0.39, 0.29) is 5.91 Å². The van der Waals surface area contributed by atoms with Crippen molar-refractivity contribution in [1.82, 2.24) is 15.2 Å². The van der Waals surface area contributed by atoms with Gasteiger partial charge in [0.25, 0.3) is 5.91 Å². The monoisotopic (exact) mass is 414 g/mol. The average Bonchev–Trinajstić information content (AvgIpc) is 2.68. The molecule has 0 bridgehead atoms. The van der Waals surface area contributed by atoms with E-state index in [1.165, 1.54) is 0 Å². The van der Waals surface area contributed by atoms with E-state index in [1.807, 2.05) is 37.2 Å². The fourth-order valence-corrected chi connectivity index (χ4v) is 4.53. The molecule has 2 heterocycles. The minimum Gasteiger partial charge on any atom is -0.351 e. The van der Waals surface area contributed by atoms with Crippen LogP contribution < -0.4 is 10.0 Å². The van der Waals surface area contributed by atoms with Crippen LogP contribution in [0.4, 0.5) is 5.69 Å². The van der Waals surface area contributed by atoms with Crippen LogP contribution in [0.15, 0.2) is 47.5 Å². The number of aromatic nitrogens is 1. The highest BCUT2D eigenvalue weighted by atomic mass is 35.5. The molecule has 1 aromatic heterocycles. The molecule has 2 N–H and O–H groups in total. The lowest BCUT2D eigenvalue weighted by atomic mass is 9.98. The smallest absolute Gasteiger partial charge is 0.251 e. The second-order valence-electron chi connectivity index (χ2n) is 6.82. The maximum absolute atomic E-state index is 12.7. The molecule has 0 fully saturated rings. The number of fused-ring (bicyclic) bond motifs is 5. The van der Waals surface area contributed by atoms with Gasteiger partial charge in [-0.2, -0.15) is 0 Å². The van der Waals surface area contributed by atoms with E-state index in [1.54, 1.807) is 24.4 Å². The zero-order valence-corrected chi connectivity index (χ0v) is 17.0. The molecule has 6 nitrogen and oxygen atoms in total. The van der Waals surface area contributed by atoms with E-state index >= 15 is 0 Å². The van der Waals surface area contributed by atoms with E-state index in [9.17, 15) is 9.00 Å². The highest BCUT2D eigenvalue weighted by Gasteiger charge is 2.25. The molecule has 1 atom stereocenters. The van der Waals surface area contributed by atoms with Gasteiger partial charge >= 0.3 is 0 Å². The normalized spacial score (nSPS) is 15.1. The number of benzene rings is 2. The van der Waals surface area contributed by atoms with Crippen molar-refractivity contribution in [2.45, 2.75) is 4.90 Å². The lowest BCUT2D eigenvalue weighted by Gasteiger charge is -2.23. The van der Waals surface area contributed by atoms with Gasteiger partial charge in [0.2, 0.25) is 0 Å². The number of carbonyl (C=O) groups excluding carboxylic acids is 1. The third-order valence-electron chi connectivity index (χ3n) is 4.61. The van der Waals surface area contributed by atoms with E-state index in [4.69, 9.17) is 11.6 Å². The van der Waals surface area contributed by atoms with Crippen molar-refractivity contribution in [2.24, 2.45) is 0 Å². The Bertz CT molecular complexity index is 1120. The zero-order chi connectivity index (χ0) is 19.8. The molecule has 1 amide bonds. The van der Waals surface area contributed by atoms with Crippen LogP contribution in [0, 0.1) is 0 Å². The second-order valence-corrected chi connectivity index (χ2v) is 8.41. The van der Waals surface area contributed by atoms with Crippen molar-refractivity contribution in [3.05, 3.63) is 53.2 Å². The van der Waals surface area contributed by atoms with Gasteiger partial charge < -0.3 is 10.2 Å². The van der Waals surface area contributed by atoms with Gasteiger partial charge in [0.05, 0.1) is 21.1 Å². The number of halogens is 1. The maximum Gasteiger partial charge on any atom is 0.251 e. The van der Waals surface area contributed by atoms with E-state index in [2.05, 4.69) is 15.0 Å². The Morgan fingerprint density at radius 1 is 1.25 bits per heavy atom. The first-order chi connectivity index (χ1) is 13.5. The molecule has 2 aromatic carbocycles. The molecule has 1 aliphatic rings. The van der Waals surface area contributed by atoms with Gasteiger partial charge in [-0.1, -0.05) is 11.6 Å². The Labute approximate surface area is 170 Å². The number of nitrogens with zero attached hydrogens (tertiary/aromatic N) is 2. The largest absolute Gasteiger partial charge is 0.351 e. The van der Waals surface area contributed by atoms with Crippen LogP contribution in [0.1, 0.15) is 10.4 Å². The molecule has 3 aromatic rings. The van der Waals surface area contributed by atoms with Crippen LogP contribution in [0.5, 0.6) is 0 Å². The molecule has 0 saturated carbocycles. The van der Waals surface area contributed by atoms with Gasteiger partial charge in [0.15, 0.2) is 11.0 Å². The average molecular weight is 415 g/mol. The molecular formula is C20H19ClN4O2S. The number of hydrogen-bond donors (Lipinski definition) is 2. The van der Waals surface area contributed by atoms with Crippen molar-refractivity contribution in [3.8, 4) is 11.1 Å². The minimum atomic E-state index is -1.44. The number of hydrogen-bond acceptors (Lipinski definition) is 4. The summed E-state index contributed by atoms with van der Waals surface area (Å²) in [4.78, 5) is 19.6. The van der Waals surface area contributed by atoms with Crippen molar-refractivity contribution in [1.29, 1.82) is 0 Å². The first-order valence-electron chi connectivity index (χ1n) is 8.78. The first kappa shape index (κ1) is 18.9. The van der Waals surface area contributed by atoms with Gasteiger partial charge in [-0.25, -0.2) is 4.21 Å². The van der Waals surface area contributed by atoms with Crippen molar-refractivity contribution < 1.29 is 9.00 Å². The Balaban J connectivity index is 1.79. The van der Waals surface area contributed by atoms with E-state index in [0.29, 0.717) is 33.2 Å². The first-order valence-corrected chi connectivity index (χ1v) is 10.3. The summed E-state index contributed by atoms with van der Waals surface area (Å²) in [5, 5.41) is 4.25. The topological polar surface area (TPSA) is 74.3 Å². The standard InChI is InChI=1S/C20H19ClN4O2S/c1-25(2)9-8-23-20(26)12-5-6-17-14(10-12)15-11-16(21)13-4-3-7-22-18(13)19(15)24-28(17)27/h3-7,10-11,24H,8-9H2,1-2H3,(H,23,26). The molecule has 1 aliphatic heterocycles. The predicted molar refractivity (Wildman–Crippen MR) is 113 cm³/mol. The molecule has 0 radical (unpaired) electrons. The molecule has 0 saturated heterocycles. The van der Waals surface area contributed by atoms with E-state index in [0.717, 1.165) is 23.1 Å². The Kier molecular flexibility index (Phi) is 5.05. The number of amides is 1. The molecule has 144 valence electrons. The maximum atomic E-state index is 12.7. The molecule has 1 unspecified atom stereocenters. The highest BCUT2D eigenvalue weighted by molar-refractivity contribution is 7.86. The van der Waals surface area contributed by atoms with Crippen molar-refractivity contribution >= 4 is 45.1 Å². The van der Waals surface area contributed by atoms with Gasteiger partial charge in [-0.05, 0) is 50.5 Å². The Morgan fingerprint density at radius 3 is 2.86 bits per heavy atom. The molecule has 4 rings (SSSR count). The summed E-state index contributed by atoms with van der Waals surface area (Å²) in [5.41, 5.74) is 3.34. The molecule has 8 heteroatoms.